The highest BCUT2D eigenvalue weighted by Crippen LogP contribution is 2.36. The summed E-state index contributed by atoms with van der Waals surface area (Å²) in [6.07, 6.45) is 10.4. The Morgan fingerprint density at radius 2 is 2.06 bits per heavy atom. The first-order valence-corrected chi connectivity index (χ1v) is 6.41. The predicted octanol–water partition coefficient (Wildman–Crippen LogP) is 2.62. The van der Waals surface area contributed by atoms with Crippen molar-refractivity contribution in [1.29, 1.82) is 0 Å². The summed E-state index contributed by atoms with van der Waals surface area (Å²) in [5, 5.41) is 0. The van der Waals surface area contributed by atoms with E-state index < -0.39 is 0 Å². The van der Waals surface area contributed by atoms with Gasteiger partial charge in [-0.15, -0.1) is 0 Å². The van der Waals surface area contributed by atoms with Gasteiger partial charge in [-0.2, -0.15) is 0 Å². The highest BCUT2D eigenvalue weighted by molar-refractivity contribution is 5.61. The molecule has 1 unspecified atom stereocenters. The van der Waals surface area contributed by atoms with Gasteiger partial charge in [0.05, 0.1) is 5.92 Å². The molecule has 2 heterocycles. The Balaban J connectivity index is 1.95. The van der Waals surface area contributed by atoms with Crippen molar-refractivity contribution in [3.63, 3.8) is 0 Å². The van der Waals surface area contributed by atoms with Crippen LogP contribution in [0.15, 0.2) is 6.20 Å². The maximum absolute atomic E-state index is 11.0. The topological polar surface area (TPSA) is 34.9 Å². The molecule has 1 fully saturated rings. The molecule has 0 aromatic carbocycles. The minimum atomic E-state index is 0.0939. The molecule has 0 saturated heterocycles. The van der Waals surface area contributed by atoms with Gasteiger partial charge in [0.15, 0.2) is 0 Å². The zero-order valence-electron chi connectivity index (χ0n) is 9.56. The Morgan fingerprint density at radius 3 is 2.81 bits per heavy atom. The molecule has 1 aromatic heterocycles. The normalized spacial score (nSPS) is 25.6. The summed E-state index contributed by atoms with van der Waals surface area (Å²) in [4.78, 5) is 15.6. The summed E-state index contributed by atoms with van der Waals surface area (Å²) in [6, 6.07) is 0. The maximum Gasteiger partial charge on any atom is 0.129 e. The quantitative estimate of drug-likeness (QED) is 0.715. The van der Waals surface area contributed by atoms with E-state index in [0.29, 0.717) is 5.92 Å². The lowest BCUT2D eigenvalue weighted by Gasteiger charge is -2.22. The molecule has 86 valence electrons. The van der Waals surface area contributed by atoms with E-state index in [-0.39, 0.29) is 5.92 Å². The zero-order valence-corrected chi connectivity index (χ0v) is 9.56. The van der Waals surface area contributed by atoms with Gasteiger partial charge in [0, 0.05) is 24.4 Å². The molecule has 0 N–H and O–H groups in total. The van der Waals surface area contributed by atoms with Gasteiger partial charge in [0.1, 0.15) is 12.1 Å². The number of carbonyl (C=O) groups excluding carboxylic acids is 1. The van der Waals surface area contributed by atoms with Gasteiger partial charge in [-0.1, -0.05) is 12.8 Å². The Morgan fingerprint density at radius 1 is 1.25 bits per heavy atom. The monoisotopic (exact) mass is 218 g/mol. The zero-order chi connectivity index (χ0) is 11.0. The van der Waals surface area contributed by atoms with E-state index in [1.54, 1.807) is 0 Å². The number of hydrogen-bond acceptors (Lipinski definition) is 2. The maximum atomic E-state index is 11.0. The number of fused-ring (bicyclic) bond motifs is 1. The van der Waals surface area contributed by atoms with Gasteiger partial charge in [-0.3, -0.25) is 0 Å². The average Bonchev–Trinajstić information content (AvgIpc) is 2.96. The summed E-state index contributed by atoms with van der Waals surface area (Å²) in [6.45, 7) is 1.06. The van der Waals surface area contributed by atoms with Crippen molar-refractivity contribution in [2.24, 2.45) is 0 Å². The summed E-state index contributed by atoms with van der Waals surface area (Å²) >= 11 is 0. The molecule has 3 nitrogen and oxygen atoms in total. The average molecular weight is 218 g/mol. The molecule has 3 heteroatoms. The van der Waals surface area contributed by atoms with Gasteiger partial charge in [0.2, 0.25) is 0 Å². The second-order valence-corrected chi connectivity index (χ2v) is 5.06. The molecular formula is C13H18N2O. The fraction of sp³-hybridized carbons (Fsp3) is 0.692. The standard InChI is InChI=1S/C13H18N2O/c16-9-11-6-3-7-15-12(11)8-14-13(15)10-4-1-2-5-10/h8-11H,1-7H2. The van der Waals surface area contributed by atoms with Crippen LogP contribution in [0.25, 0.3) is 0 Å². The Labute approximate surface area is 95.9 Å². The van der Waals surface area contributed by atoms with Crippen LogP contribution in [-0.2, 0) is 11.3 Å². The minimum Gasteiger partial charge on any atom is -0.331 e. The molecule has 1 aromatic rings. The SMILES string of the molecule is O=CC1CCCn2c1cnc2C1CCCC1. The van der Waals surface area contributed by atoms with E-state index >= 15 is 0 Å². The third-order valence-electron chi connectivity index (χ3n) is 4.08. The molecule has 1 aliphatic carbocycles. The number of imidazole rings is 1. The van der Waals surface area contributed by atoms with Gasteiger partial charge in [0.25, 0.3) is 0 Å². The second-order valence-electron chi connectivity index (χ2n) is 5.06. The van der Waals surface area contributed by atoms with E-state index in [1.165, 1.54) is 31.5 Å². The highest BCUT2D eigenvalue weighted by Gasteiger charge is 2.27. The van der Waals surface area contributed by atoms with E-state index in [1.807, 2.05) is 6.20 Å². The van der Waals surface area contributed by atoms with Crippen LogP contribution in [0, 0.1) is 0 Å². The molecule has 3 rings (SSSR count). The third kappa shape index (κ3) is 1.49. The van der Waals surface area contributed by atoms with E-state index in [0.717, 1.165) is 31.4 Å². The summed E-state index contributed by atoms with van der Waals surface area (Å²) in [7, 11) is 0. The number of nitrogens with zero attached hydrogens (tertiary/aromatic N) is 2. The lowest BCUT2D eigenvalue weighted by atomic mass is 9.97. The smallest absolute Gasteiger partial charge is 0.129 e. The van der Waals surface area contributed by atoms with E-state index in [4.69, 9.17) is 0 Å². The summed E-state index contributed by atoms with van der Waals surface area (Å²) < 4.78 is 2.32. The van der Waals surface area contributed by atoms with Crippen molar-refractivity contribution in [3.8, 4) is 0 Å². The molecule has 16 heavy (non-hydrogen) atoms. The van der Waals surface area contributed by atoms with Crippen LogP contribution >= 0.6 is 0 Å². The highest BCUT2D eigenvalue weighted by atomic mass is 16.1. The fourth-order valence-electron chi connectivity index (χ4n) is 3.21. The molecule has 1 saturated carbocycles. The van der Waals surface area contributed by atoms with Crippen LogP contribution in [0.4, 0.5) is 0 Å². The first-order valence-electron chi connectivity index (χ1n) is 6.41. The number of aromatic nitrogens is 2. The van der Waals surface area contributed by atoms with Crippen LogP contribution in [0.5, 0.6) is 0 Å². The number of carbonyl (C=O) groups is 1. The molecular weight excluding hydrogens is 200 g/mol. The van der Waals surface area contributed by atoms with Crippen LogP contribution < -0.4 is 0 Å². The number of rotatable bonds is 2. The predicted molar refractivity (Wildman–Crippen MR) is 61.5 cm³/mol. The van der Waals surface area contributed by atoms with Crippen molar-refractivity contribution in [2.45, 2.75) is 56.9 Å². The first-order chi connectivity index (χ1) is 7.90. The van der Waals surface area contributed by atoms with Crippen LogP contribution in [0.2, 0.25) is 0 Å². The van der Waals surface area contributed by atoms with Crippen LogP contribution in [-0.4, -0.2) is 15.8 Å². The van der Waals surface area contributed by atoms with Crippen molar-refractivity contribution in [3.05, 3.63) is 17.7 Å². The molecule has 1 aliphatic heterocycles. The summed E-state index contributed by atoms with van der Waals surface area (Å²) in [5.41, 5.74) is 1.16. The van der Waals surface area contributed by atoms with Gasteiger partial charge in [-0.25, -0.2) is 4.98 Å². The van der Waals surface area contributed by atoms with E-state index in [2.05, 4.69) is 9.55 Å². The second kappa shape index (κ2) is 4.04. The largest absolute Gasteiger partial charge is 0.331 e. The molecule has 0 spiro atoms. The Kier molecular flexibility index (Phi) is 2.54. The Hall–Kier alpha value is -1.12. The molecule has 0 bridgehead atoms. The van der Waals surface area contributed by atoms with Gasteiger partial charge in [-0.05, 0) is 25.7 Å². The molecule has 1 atom stereocenters. The van der Waals surface area contributed by atoms with Crippen molar-refractivity contribution >= 4 is 6.29 Å². The van der Waals surface area contributed by atoms with Crippen LogP contribution in [0.3, 0.4) is 0 Å². The fourth-order valence-corrected chi connectivity index (χ4v) is 3.21. The lowest BCUT2D eigenvalue weighted by Crippen LogP contribution is -2.18. The van der Waals surface area contributed by atoms with Crippen molar-refractivity contribution in [1.82, 2.24) is 9.55 Å². The van der Waals surface area contributed by atoms with E-state index in [9.17, 15) is 4.79 Å². The van der Waals surface area contributed by atoms with Gasteiger partial charge < -0.3 is 9.36 Å². The number of aldehydes is 1. The molecule has 0 radical (unpaired) electrons. The lowest BCUT2D eigenvalue weighted by molar-refractivity contribution is -0.109. The number of hydrogen-bond donors (Lipinski definition) is 0. The molecule has 2 aliphatic rings. The third-order valence-corrected chi connectivity index (χ3v) is 4.08. The van der Waals surface area contributed by atoms with Crippen LogP contribution in [0.1, 0.15) is 61.9 Å². The Bertz CT molecular complexity index is 391. The van der Waals surface area contributed by atoms with Crippen molar-refractivity contribution in [2.75, 3.05) is 0 Å². The molecule has 0 amide bonds. The minimum absolute atomic E-state index is 0.0939. The first kappa shape index (κ1) is 10.1. The summed E-state index contributed by atoms with van der Waals surface area (Å²) in [5.74, 6) is 2.00. The van der Waals surface area contributed by atoms with Crippen molar-refractivity contribution < 1.29 is 4.79 Å². The van der Waals surface area contributed by atoms with Gasteiger partial charge >= 0.3 is 0 Å².